The average Bonchev–Trinajstić information content (AvgIpc) is 3.20. The number of anilines is 1. The highest BCUT2D eigenvalue weighted by Crippen LogP contribution is 2.29. The van der Waals surface area contributed by atoms with Crippen molar-refractivity contribution in [1.82, 2.24) is 19.8 Å². The summed E-state index contributed by atoms with van der Waals surface area (Å²) in [6, 6.07) is 6.91. The van der Waals surface area contributed by atoms with Crippen molar-refractivity contribution in [3.05, 3.63) is 40.0 Å². The number of piperazine rings is 1. The molecule has 132 valence electrons. The molecule has 5 rings (SSSR count). The van der Waals surface area contributed by atoms with Crippen LogP contribution in [0.2, 0.25) is 0 Å². The Labute approximate surface area is 153 Å². The van der Waals surface area contributed by atoms with Crippen LogP contribution < -0.4 is 4.90 Å². The Bertz CT molecular complexity index is 695. The molecule has 3 aliphatic rings. The number of nitrogens with zero attached hydrogens (tertiary/aromatic N) is 5. The van der Waals surface area contributed by atoms with Crippen LogP contribution in [0.25, 0.3) is 0 Å². The molecule has 0 aromatic carbocycles. The first-order chi connectivity index (χ1) is 12.3. The summed E-state index contributed by atoms with van der Waals surface area (Å²) < 4.78 is 0. The second-order valence-electron chi connectivity index (χ2n) is 7.39. The van der Waals surface area contributed by atoms with Crippen molar-refractivity contribution in [3.63, 3.8) is 0 Å². The molecule has 2 aromatic rings. The van der Waals surface area contributed by atoms with E-state index in [9.17, 15) is 0 Å². The highest BCUT2D eigenvalue weighted by atomic mass is 32.1. The Hall–Kier alpha value is -1.50. The third-order valence-corrected chi connectivity index (χ3v) is 6.88. The molecule has 6 heteroatoms. The van der Waals surface area contributed by atoms with Crippen molar-refractivity contribution >= 4 is 17.2 Å². The van der Waals surface area contributed by atoms with E-state index in [1.54, 1.807) is 4.88 Å². The van der Waals surface area contributed by atoms with Crippen LogP contribution in [0.1, 0.15) is 22.0 Å². The molecule has 0 amide bonds. The number of rotatable bonds is 4. The van der Waals surface area contributed by atoms with Crippen LogP contribution in [0.4, 0.5) is 5.82 Å². The molecule has 2 aliphatic heterocycles. The van der Waals surface area contributed by atoms with Gasteiger partial charge in [0.2, 0.25) is 0 Å². The summed E-state index contributed by atoms with van der Waals surface area (Å²) in [5.74, 6) is 1.12. The first-order valence-corrected chi connectivity index (χ1v) is 10.3. The molecular formula is C19H25N5S. The van der Waals surface area contributed by atoms with E-state index in [1.807, 2.05) is 23.6 Å². The van der Waals surface area contributed by atoms with Crippen molar-refractivity contribution in [2.45, 2.75) is 31.8 Å². The number of likely N-dealkylation sites (tertiary alicyclic amines) is 1. The van der Waals surface area contributed by atoms with Crippen LogP contribution in [-0.2, 0) is 19.4 Å². The van der Waals surface area contributed by atoms with Gasteiger partial charge in [-0.3, -0.25) is 9.80 Å². The number of hydrogen-bond acceptors (Lipinski definition) is 6. The minimum absolute atomic E-state index is 0.734. The lowest BCUT2D eigenvalue weighted by molar-refractivity contribution is 0.0255. The molecule has 0 saturated carbocycles. The van der Waals surface area contributed by atoms with Crippen molar-refractivity contribution in [1.29, 1.82) is 0 Å². The summed E-state index contributed by atoms with van der Waals surface area (Å²) in [5, 5.41) is 1.34. The zero-order chi connectivity index (χ0) is 16.6. The normalized spacial score (nSPS) is 22.2. The molecule has 0 spiro atoms. The van der Waals surface area contributed by atoms with E-state index in [2.05, 4.69) is 31.8 Å². The smallest absolute Gasteiger partial charge is 0.128 e. The monoisotopic (exact) mass is 355 g/mol. The Morgan fingerprint density at radius 1 is 1.08 bits per heavy atom. The fourth-order valence-corrected chi connectivity index (χ4v) is 5.46. The Morgan fingerprint density at radius 2 is 1.96 bits per heavy atom. The van der Waals surface area contributed by atoms with Gasteiger partial charge in [0.1, 0.15) is 10.8 Å². The predicted molar refractivity (Wildman–Crippen MR) is 101 cm³/mol. The van der Waals surface area contributed by atoms with Crippen molar-refractivity contribution in [3.8, 4) is 0 Å². The van der Waals surface area contributed by atoms with Crippen LogP contribution in [0.15, 0.2) is 24.4 Å². The lowest BCUT2D eigenvalue weighted by Crippen LogP contribution is -2.62. The first-order valence-electron chi connectivity index (χ1n) is 9.45. The SMILES string of the molecule is c1ccc(N2CCN(C3CN(Cc4nc5c(s4)CCC5)C3)CC2)nc1. The van der Waals surface area contributed by atoms with Gasteiger partial charge in [0.05, 0.1) is 12.2 Å². The summed E-state index contributed by atoms with van der Waals surface area (Å²) in [6.45, 7) is 7.95. The van der Waals surface area contributed by atoms with E-state index >= 15 is 0 Å². The number of aryl methyl sites for hydroxylation is 2. The minimum atomic E-state index is 0.734. The van der Waals surface area contributed by atoms with Gasteiger partial charge < -0.3 is 4.90 Å². The van der Waals surface area contributed by atoms with Gasteiger partial charge in [-0.05, 0) is 31.4 Å². The molecule has 2 fully saturated rings. The Kier molecular flexibility index (Phi) is 4.19. The van der Waals surface area contributed by atoms with Gasteiger partial charge in [-0.1, -0.05) is 6.07 Å². The summed E-state index contributed by atoms with van der Waals surface area (Å²) in [4.78, 5) is 18.5. The lowest BCUT2D eigenvalue weighted by atomic mass is 10.1. The van der Waals surface area contributed by atoms with E-state index < -0.39 is 0 Å². The minimum Gasteiger partial charge on any atom is -0.354 e. The van der Waals surface area contributed by atoms with Gasteiger partial charge in [0.15, 0.2) is 0 Å². The van der Waals surface area contributed by atoms with Crippen LogP contribution in [0.3, 0.4) is 0 Å². The number of fused-ring (bicyclic) bond motifs is 1. The summed E-state index contributed by atoms with van der Waals surface area (Å²) in [5.41, 5.74) is 1.39. The molecule has 0 bridgehead atoms. The summed E-state index contributed by atoms with van der Waals surface area (Å²) in [7, 11) is 0. The molecule has 0 atom stereocenters. The van der Waals surface area contributed by atoms with Crippen LogP contribution in [0.5, 0.6) is 0 Å². The van der Waals surface area contributed by atoms with Gasteiger partial charge in [0.25, 0.3) is 0 Å². The van der Waals surface area contributed by atoms with Crippen LogP contribution in [0, 0.1) is 0 Å². The van der Waals surface area contributed by atoms with Crippen molar-refractivity contribution in [2.75, 3.05) is 44.2 Å². The number of aromatic nitrogens is 2. The molecule has 0 unspecified atom stereocenters. The van der Waals surface area contributed by atoms with Gasteiger partial charge in [-0.25, -0.2) is 9.97 Å². The fraction of sp³-hybridized carbons (Fsp3) is 0.579. The predicted octanol–water partition coefficient (Wildman–Crippen LogP) is 2.03. The van der Waals surface area contributed by atoms with Gasteiger partial charge in [0, 0.05) is 56.4 Å². The number of hydrogen-bond donors (Lipinski definition) is 0. The first kappa shape index (κ1) is 15.7. The van der Waals surface area contributed by atoms with E-state index in [1.165, 1.54) is 43.1 Å². The summed E-state index contributed by atoms with van der Waals surface area (Å²) in [6.07, 6.45) is 5.66. The van der Waals surface area contributed by atoms with Gasteiger partial charge in [-0.2, -0.15) is 0 Å². The Balaban J connectivity index is 1.09. The molecule has 2 aromatic heterocycles. The molecule has 0 radical (unpaired) electrons. The molecule has 5 nitrogen and oxygen atoms in total. The van der Waals surface area contributed by atoms with E-state index in [4.69, 9.17) is 4.98 Å². The molecular weight excluding hydrogens is 330 g/mol. The lowest BCUT2D eigenvalue weighted by Gasteiger charge is -2.48. The Morgan fingerprint density at radius 3 is 2.72 bits per heavy atom. The third-order valence-electron chi connectivity index (χ3n) is 5.74. The van der Waals surface area contributed by atoms with Gasteiger partial charge in [-0.15, -0.1) is 11.3 Å². The maximum absolute atomic E-state index is 4.84. The molecule has 0 N–H and O–H groups in total. The van der Waals surface area contributed by atoms with E-state index in [0.29, 0.717) is 0 Å². The van der Waals surface area contributed by atoms with E-state index in [0.717, 1.165) is 44.6 Å². The van der Waals surface area contributed by atoms with Crippen LogP contribution >= 0.6 is 11.3 Å². The highest BCUT2D eigenvalue weighted by molar-refractivity contribution is 7.11. The second-order valence-corrected chi connectivity index (χ2v) is 8.56. The summed E-state index contributed by atoms with van der Waals surface area (Å²) >= 11 is 1.95. The van der Waals surface area contributed by atoms with Gasteiger partial charge >= 0.3 is 0 Å². The molecule has 4 heterocycles. The largest absolute Gasteiger partial charge is 0.354 e. The maximum Gasteiger partial charge on any atom is 0.128 e. The molecule has 2 saturated heterocycles. The van der Waals surface area contributed by atoms with Crippen molar-refractivity contribution < 1.29 is 0 Å². The number of pyridine rings is 1. The standard InChI is InChI=1S/C19H25N5S/c1-2-7-20-18(6-1)24-10-8-23(9-11-24)15-12-22(13-15)14-19-21-16-4-3-5-17(16)25-19/h1-2,6-7,15H,3-5,8-14H2. The highest BCUT2D eigenvalue weighted by Gasteiger charge is 2.34. The second kappa shape index (κ2) is 6.67. The van der Waals surface area contributed by atoms with Crippen molar-refractivity contribution in [2.24, 2.45) is 0 Å². The molecule has 25 heavy (non-hydrogen) atoms. The van der Waals surface area contributed by atoms with E-state index in [-0.39, 0.29) is 0 Å². The fourth-order valence-electron chi connectivity index (χ4n) is 4.26. The zero-order valence-electron chi connectivity index (χ0n) is 14.6. The number of thiazole rings is 1. The maximum atomic E-state index is 4.84. The quantitative estimate of drug-likeness (QED) is 0.839. The topological polar surface area (TPSA) is 35.5 Å². The zero-order valence-corrected chi connectivity index (χ0v) is 15.4. The molecule has 1 aliphatic carbocycles. The van der Waals surface area contributed by atoms with Crippen LogP contribution in [-0.4, -0.2) is 65.1 Å². The third kappa shape index (κ3) is 3.18. The average molecular weight is 356 g/mol.